The Balaban J connectivity index is 1.51. The number of hydrogen-bond donors (Lipinski definition) is 3. The molecule has 0 spiro atoms. The summed E-state index contributed by atoms with van der Waals surface area (Å²) in [6.07, 6.45) is 8.32. The number of H-pyrrole nitrogens is 2. The van der Waals surface area contributed by atoms with Gasteiger partial charge in [0.1, 0.15) is 0 Å². The highest BCUT2D eigenvalue weighted by molar-refractivity contribution is 5.57. The van der Waals surface area contributed by atoms with Gasteiger partial charge in [0.05, 0.1) is 11.3 Å². The highest BCUT2D eigenvalue weighted by atomic mass is 16.1. The van der Waals surface area contributed by atoms with E-state index >= 15 is 0 Å². The Morgan fingerprint density at radius 1 is 1.43 bits per heavy atom. The van der Waals surface area contributed by atoms with Crippen LogP contribution in [0.2, 0.25) is 0 Å². The van der Waals surface area contributed by atoms with Gasteiger partial charge in [0.15, 0.2) is 0 Å². The number of aromatic amines is 2. The van der Waals surface area contributed by atoms with E-state index in [-0.39, 0.29) is 5.56 Å². The molecule has 1 aliphatic rings. The summed E-state index contributed by atoms with van der Waals surface area (Å²) in [5.74, 6) is 0.565. The molecule has 0 radical (unpaired) electrons. The Morgan fingerprint density at radius 3 is 3.13 bits per heavy atom. The molecule has 0 amide bonds. The standard InChI is InChI=1S/C16H24N6O/c1-12-5-2-3-9-22(12)10-4-7-17-16-18-8-6-14(20-16)13-11-19-21-15(13)23/h6,8,11-12H,2-5,7,9-10H2,1H3,(H,17,18,20)(H2,19,21,23)/t12-/m0/s1. The third-order valence-corrected chi connectivity index (χ3v) is 4.42. The summed E-state index contributed by atoms with van der Waals surface area (Å²) in [6.45, 7) is 5.46. The van der Waals surface area contributed by atoms with Gasteiger partial charge < -0.3 is 15.3 Å². The predicted octanol–water partition coefficient (Wildman–Crippen LogP) is 1.84. The van der Waals surface area contributed by atoms with Gasteiger partial charge in [-0.15, -0.1) is 0 Å². The first-order chi connectivity index (χ1) is 11.2. The van der Waals surface area contributed by atoms with Gasteiger partial charge in [-0.2, -0.15) is 0 Å². The van der Waals surface area contributed by atoms with Crippen molar-refractivity contribution in [2.45, 2.75) is 38.6 Å². The van der Waals surface area contributed by atoms with Crippen molar-refractivity contribution in [3.05, 3.63) is 28.8 Å². The third-order valence-electron chi connectivity index (χ3n) is 4.42. The van der Waals surface area contributed by atoms with Gasteiger partial charge in [0, 0.05) is 31.5 Å². The number of rotatable bonds is 6. The van der Waals surface area contributed by atoms with Crippen LogP contribution in [0.25, 0.3) is 11.3 Å². The zero-order valence-corrected chi connectivity index (χ0v) is 13.5. The summed E-state index contributed by atoms with van der Waals surface area (Å²) in [6, 6.07) is 2.43. The van der Waals surface area contributed by atoms with E-state index in [0.29, 0.717) is 23.2 Å². The van der Waals surface area contributed by atoms with Gasteiger partial charge >= 0.3 is 0 Å². The molecule has 0 aromatic carbocycles. The molecule has 0 bridgehead atoms. The molecule has 3 N–H and O–H groups in total. The predicted molar refractivity (Wildman–Crippen MR) is 90.4 cm³/mol. The molecule has 3 rings (SSSR count). The smallest absolute Gasteiger partial charge is 0.273 e. The van der Waals surface area contributed by atoms with Crippen molar-refractivity contribution < 1.29 is 0 Å². The molecule has 2 aromatic rings. The van der Waals surface area contributed by atoms with Gasteiger partial charge in [0.2, 0.25) is 5.95 Å². The van der Waals surface area contributed by atoms with Crippen LogP contribution in [0.4, 0.5) is 5.95 Å². The first kappa shape index (κ1) is 15.7. The average molecular weight is 316 g/mol. The monoisotopic (exact) mass is 316 g/mol. The van der Waals surface area contributed by atoms with Crippen molar-refractivity contribution in [3.8, 4) is 11.3 Å². The molecule has 1 atom stereocenters. The van der Waals surface area contributed by atoms with E-state index in [2.05, 4.69) is 37.3 Å². The topological polar surface area (TPSA) is 89.7 Å². The Morgan fingerprint density at radius 2 is 2.35 bits per heavy atom. The molecule has 1 aliphatic heterocycles. The normalized spacial score (nSPS) is 18.9. The summed E-state index contributed by atoms with van der Waals surface area (Å²) in [4.78, 5) is 22.8. The molecule has 23 heavy (non-hydrogen) atoms. The number of aromatic nitrogens is 4. The Labute approximate surface area is 135 Å². The van der Waals surface area contributed by atoms with Gasteiger partial charge in [0.25, 0.3) is 5.56 Å². The molecule has 2 aromatic heterocycles. The molecule has 1 fully saturated rings. The molecule has 7 nitrogen and oxygen atoms in total. The van der Waals surface area contributed by atoms with Crippen molar-refractivity contribution in [2.24, 2.45) is 0 Å². The zero-order valence-electron chi connectivity index (χ0n) is 13.5. The molecule has 1 saturated heterocycles. The minimum atomic E-state index is -0.172. The largest absolute Gasteiger partial charge is 0.354 e. The number of hydrogen-bond acceptors (Lipinski definition) is 5. The van der Waals surface area contributed by atoms with Crippen LogP contribution in [0.1, 0.15) is 32.6 Å². The number of likely N-dealkylation sites (tertiary alicyclic amines) is 1. The van der Waals surface area contributed by atoms with Crippen LogP contribution in [0, 0.1) is 0 Å². The second-order valence-corrected chi connectivity index (χ2v) is 6.08. The number of anilines is 1. The summed E-state index contributed by atoms with van der Waals surface area (Å²) in [7, 11) is 0. The van der Waals surface area contributed by atoms with E-state index in [0.717, 1.165) is 19.5 Å². The van der Waals surface area contributed by atoms with Gasteiger partial charge in [-0.3, -0.25) is 9.89 Å². The first-order valence-corrected chi connectivity index (χ1v) is 8.31. The van der Waals surface area contributed by atoms with E-state index in [9.17, 15) is 4.79 Å². The molecular weight excluding hydrogens is 292 g/mol. The Hall–Kier alpha value is -2.15. The SMILES string of the molecule is C[C@H]1CCCCN1CCCNc1nccc(-c2c[nH][nH]c2=O)n1. The van der Waals surface area contributed by atoms with Crippen LogP contribution in [0.15, 0.2) is 23.3 Å². The van der Waals surface area contributed by atoms with Crippen molar-refractivity contribution in [2.75, 3.05) is 25.0 Å². The third kappa shape index (κ3) is 3.98. The summed E-state index contributed by atoms with van der Waals surface area (Å²) < 4.78 is 0. The van der Waals surface area contributed by atoms with Gasteiger partial charge in [-0.25, -0.2) is 9.97 Å². The molecule has 0 aliphatic carbocycles. The van der Waals surface area contributed by atoms with Crippen LogP contribution in [0.3, 0.4) is 0 Å². The lowest BCUT2D eigenvalue weighted by Gasteiger charge is -2.33. The number of nitrogens with zero attached hydrogens (tertiary/aromatic N) is 3. The van der Waals surface area contributed by atoms with Crippen molar-refractivity contribution in [3.63, 3.8) is 0 Å². The van der Waals surface area contributed by atoms with Gasteiger partial charge in [-0.1, -0.05) is 6.42 Å². The zero-order chi connectivity index (χ0) is 16.1. The highest BCUT2D eigenvalue weighted by Crippen LogP contribution is 2.16. The lowest BCUT2D eigenvalue weighted by Crippen LogP contribution is -2.38. The second kappa shape index (κ2) is 7.41. The summed E-state index contributed by atoms with van der Waals surface area (Å²) >= 11 is 0. The molecule has 7 heteroatoms. The minimum Gasteiger partial charge on any atom is -0.354 e. The lowest BCUT2D eigenvalue weighted by atomic mass is 10.0. The molecule has 3 heterocycles. The van der Waals surface area contributed by atoms with E-state index in [1.54, 1.807) is 18.5 Å². The molecule has 0 saturated carbocycles. The minimum absolute atomic E-state index is 0.172. The highest BCUT2D eigenvalue weighted by Gasteiger charge is 2.17. The summed E-state index contributed by atoms with van der Waals surface area (Å²) in [5.41, 5.74) is 0.973. The van der Waals surface area contributed by atoms with Crippen LogP contribution in [0.5, 0.6) is 0 Å². The maximum absolute atomic E-state index is 11.6. The summed E-state index contributed by atoms with van der Waals surface area (Å²) in [5, 5.41) is 8.45. The first-order valence-electron chi connectivity index (χ1n) is 8.31. The van der Waals surface area contributed by atoms with E-state index < -0.39 is 0 Å². The Bertz CT molecular complexity index is 679. The maximum Gasteiger partial charge on any atom is 0.273 e. The number of piperidine rings is 1. The van der Waals surface area contributed by atoms with Crippen molar-refractivity contribution in [1.29, 1.82) is 0 Å². The average Bonchev–Trinajstić information content (AvgIpc) is 2.99. The second-order valence-electron chi connectivity index (χ2n) is 6.08. The van der Waals surface area contributed by atoms with Gasteiger partial charge in [-0.05, 0) is 38.8 Å². The Kier molecular flexibility index (Phi) is 5.07. The molecular formula is C16H24N6O. The van der Waals surface area contributed by atoms with E-state index in [1.165, 1.54) is 25.8 Å². The maximum atomic E-state index is 11.6. The molecule has 0 unspecified atom stereocenters. The fourth-order valence-electron chi connectivity index (χ4n) is 3.06. The van der Waals surface area contributed by atoms with E-state index in [4.69, 9.17) is 0 Å². The fourth-order valence-corrected chi connectivity index (χ4v) is 3.06. The van der Waals surface area contributed by atoms with E-state index in [1.807, 2.05) is 0 Å². The fraction of sp³-hybridized carbons (Fsp3) is 0.562. The van der Waals surface area contributed by atoms with Crippen LogP contribution >= 0.6 is 0 Å². The van der Waals surface area contributed by atoms with Crippen LogP contribution in [-0.2, 0) is 0 Å². The van der Waals surface area contributed by atoms with Crippen molar-refractivity contribution in [1.82, 2.24) is 25.1 Å². The quantitative estimate of drug-likeness (QED) is 0.708. The lowest BCUT2D eigenvalue weighted by molar-refractivity contribution is 0.160. The number of nitrogens with one attached hydrogen (secondary N) is 3. The van der Waals surface area contributed by atoms with Crippen LogP contribution < -0.4 is 10.9 Å². The van der Waals surface area contributed by atoms with Crippen molar-refractivity contribution >= 4 is 5.95 Å². The molecule has 124 valence electrons. The van der Waals surface area contributed by atoms with Crippen LogP contribution in [-0.4, -0.2) is 50.7 Å².